The van der Waals surface area contributed by atoms with Gasteiger partial charge in [0.2, 0.25) is 5.91 Å². The van der Waals surface area contributed by atoms with Crippen LogP contribution in [0.25, 0.3) is 0 Å². The fraction of sp³-hybridized carbons (Fsp3) is 0.333. The van der Waals surface area contributed by atoms with Crippen molar-refractivity contribution in [3.63, 3.8) is 0 Å². The Morgan fingerprint density at radius 2 is 1.74 bits per heavy atom. The van der Waals surface area contributed by atoms with Gasteiger partial charge in [0.05, 0.1) is 6.54 Å². The fourth-order valence-corrected chi connectivity index (χ4v) is 2.60. The number of nitrogens with one attached hydrogen (secondary N) is 2. The first-order chi connectivity index (χ1) is 12.6. The van der Waals surface area contributed by atoms with Crippen molar-refractivity contribution < 1.29 is 4.79 Å². The zero-order valence-corrected chi connectivity index (χ0v) is 18.3. The van der Waals surface area contributed by atoms with Gasteiger partial charge in [-0.2, -0.15) is 0 Å². The molecule has 2 aromatic rings. The molecule has 4 N–H and O–H groups in total. The van der Waals surface area contributed by atoms with Crippen molar-refractivity contribution >= 4 is 35.8 Å². The number of aryl methyl sites for hydroxylation is 1. The minimum absolute atomic E-state index is 0. The van der Waals surface area contributed by atoms with E-state index >= 15 is 0 Å². The maximum atomic E-state index is 11.1. The van der Waals surface area contributed by atoms with Gasteiger partial charge in [0.15, 0.2) is 5.96 Å². The summed E-state index contributed by atoms with van der Waals surface area (Å²) >= 11 is 0. The largest absolute Gasteiger partial charge is 0.366 e. The summed E-state index contributed by atoms with van der Waals surface area (Å²) in [7, 11) is 0. The first-order valence-corrected chi connectivity index (χ1v) is 9.06. The van der Waals surface area contributed by atoms with E-state index in [1.54, 1.807) is 12.1 Å². The number of hydrogen-bond donors (Lipinski definition) is 3. The van der Waals surface area contributed by atoms with E-state index in [0.29, 0.717) is 18.2 Å². The number of rotatable bonds is 8. The van der Waals surface area contributed by atoms with Gasteiger partial charge < -0.3 is 16.4 Å². The topological polar surface area (TPSA) is 79.5 Å². The van der Waals surface area contributed by atoms with E-state index in [-0.39, 0.29) is 24.0 Å². The van der Waals surface area contributed by atoms with E-state index in [0.717, 1.165) is 30.9 Å². The summed E-state index contributed by atoms with van der Waals surface area (Å²) in [5.41, 5.74) is 8.15. The highest BCUT2D eigenvalue weighted by Gasteiger charge is 2.06. The summed E-state index contributed by atoms with van der Waals surface area (Å²) in [6.07, 6.45) is 2.06. The van der Waals surface area contributed by atoms with Crippen LogP contribution in [-0.4, -0.2) is 24.5 Å². The van der Waals surface area contributed by atoms with Crippen LogP contribution in [-0.2, 0) is 13.0 Å². The number of aliphatic imine (C=N–C) groups is 1. The average molecular weight is 480 g/mol. The molecule has 2 rings (SSSR count). The van der Waals surface area contributed by atoms with Gasteiger partial charge in [-0.15, -0.1) is 24.0 Å². The molecule has 0 bridgehead atoms. The highest BCUT2D eigenvalue weighted by Crippen LogP contribution is 2.06. The number of benzene rings is 2. The van der Waals surface area contributed by atoms with Crippen molar-refractivity contribution in [2.24, 2.45) is 10.7 Å². The SMILES string of the molecule is CCNC(=NCc1ccc(C(N)=O)cc1)NC(C)CCc1ccccc1.I. The Hall–Kier alpha value is -2.09. The molecule has 0 spiro atoms. The lowest BCUT2D eigenvalue weighted by Crippen LogP contribution is -2.42. The smallest absolute Gasteiger partial charge is 0.248 e. The Morgan fingerprint density at radius 3 is 2.33 bits per heavy atom. The molecule has 0 radical (unpaired) electrons. The summed E-state index contributed by atoms with van der Waals surface area (Å²) < 4.78 is 0. The summed E-state index contributed by atoms with van der Waals surface area (Å²) in [4.78, 5) is 15.8. The third-order valence-electron chi connectivity index (χ3n) is 4.09. The molecule has 146 valence electrons. The van der Waals surface area contributed by atoms with E-state index in [9.17, 15) is 4.79 Å². The molecule has 1 amide bonds. The fourth-order valence-electron chi connectivity index (χ4n) is 2.60. The Labute approximate surface area is 178 Å². The van der Waals surface area contributed by atoms with Crippen LogP contribution in [0, 0.1) is 0 Å². The van der Waals surface area contributed by atoms with Crippen LogP contribution in [0.5, 0.6) is 0 Å². The first kappa shape index (κ1) is 23.0. The molecule has 1 unspecified atom stereocenters. The van der Waals surface area contributed by atoms with Crippen molar-refractivity contribution in [3.05, 3.63) is 71.3 Å². The van der Waals surface area contributed by atoms with E-state index in [1.165, 1.54) is 5.56 Å². The third-order valence-corrected chi connectivity index (χ3v) is 4.09. The van der Waals surface area contributed by atoms with Crippen LogP contribution in [0.1, 0.15) is 41.8 Å². The van der Waals surface area contributed by atoms with Gasteiger partial charge in [0.25, 0.3) is 0 Å². The Morgan fingerprint density at radius 1 is 1.07 bits per heavy atom. The molecule has 0 fully saturated rings. The van der Waals surface area contributed by atoms with Crippen molar-refractivity contribution in [3.8, 4) is 0 Å². The number of primary amides is 1. The molecule has 27 heavy (non-hydrogen) atoms. The van der Waals surface area contributed by atoms with Gasteiger partial charge in [-0.05, 0) is 49.9 Å². The number of carbonyl (C=O) groups excluding carboxylic acids is 1. The van der Waals surface area contributed by atoms with Crippen molar-refractivity contribution in [1.82, 2.24) is 10.6 Å². The number of amides is 1. The Bertz CT molecular complexity index is 717. The average Bonchev–Trinajstić information content (AvgIpc) is 2.66. The minimum atomic E-state index is -0.415. The second kappa shape index (κ2) is 12.3. The van der Waals surface area contributed by atoms with Crippen molar-refractivity contribution in [1.29, 1.82) is 0 Å². The molecule has 0 aliphatic rings. The van der Waals surface area contributed by atoms with Gasteiger partial charge in [-0.3, -0.25) is 4.79 Å². The predicted octanol–water partition coefficient (Wildman–Crippen LogP) is 3.48. The van der Waals surface area contributed by atoms with Crippen LogP contribution in [0.15, 0.2) is 59.6 Å². The second-order valence-electron chi connectivity index (χ2n) is 6.33. The zero-order chi connectivity index (χ0) is 18.8. The molecule has 0 aliphatic heterocycles. The highest BCUT2D eigenvalue weighted by molar-refractivity contribution is 14.0. The number of nitrogens with two attached hydrogens (primary N) is 1. The molecule has 0 heterocycles. The van der Waals surface area contributed by atoms with Crippen molar-refractivity contribution in [2.45, 2.75) is 39.3 Å². The van der Waals surface area contributed by atoms with E-state index in [4.69, 9.17) is 5.73 Å². The lowest BCUT2D eigenvalue weighted by molar-refractivity contribution is 0.100. The standard InChI is InChI=1S/C21H28N4O.HI/c1-3-23-21(24-15-18-11-13-19(14-12-18)20(22)26)25-16(2)9-10-17-7-5-4-6-8-17;/h4-8,11-14,16H,3,9-10,15H2,1-2H3,(H2,22,26)(H2,23,24,25);1H. The van der Waals surface area contributed by atoms with E-state index in [1.807, 2.05) is 25.1 Å². The van der Waals surface area contributed by atoms with Crippen LogP contribution < -0.4 is 16.4 Å². The number of guanidine groups is 1. The maximum Gasteiger partial charge on any atom is 0.248 e. The zero-order valence-electron chi connectivity index (χ0n) is 15.9. The third kappa shape index (κ3) is 8.43. The molecule has 0 saturated heterocycles. The first-order valence-electron chi connectivity index (χ1n) is 9.06. The maximum absolute atomic E-state index is 11.1. The molecule has 1 atom stereocenters. The highest BCUT2D eigenvalue weighted by atomic mass is 127. The van der Waals surface area contributed by atoms with Gasteiger partial charge >= 0.3 is 0 Å². The Balaban J connectivity index is 0.00000364. The molecular weight excluding hydrogens is 451 g/mol. The molecule has 6 heteroatoms. The lowest BCUT2D eigenvalue weighted by atomic mass is 10.1. The molecule has 0 aromatic heterocycles. The summed E-state index contributed by atoms with van der Waals surface area (Å²) in [6, 6.07) is 18.0. The molecule has 5 nitrogen and oxygen atoms in total. The molecule has 0 saturated carbocycles. The molecule has 0 aliphatic carbocycles. The van der Waals surface area contributed by atoms with E-state index in [2.05, 4.69) is 46.8 Å². The summed E-state index contributed by atoms with van der Waals surface area (Å²) in [6.45, 7) is 5.56. The molecule has 2 aromatic carbocycles. The van der Waals surface area contributed by atoms with Gasteiger partial charge in [0, 0.05) is 18.2 Å². The van der Waals surface area contributed by atoms with Gasteiger partial charge in [-0.25, -0.2) is 4.99 Å². The normalized spacial score (nSPS) is 12.0. The van der Waals surface area contributed by atoms with Gasteiger partial charge in [0.1, 0.15) is 0 Å². The quantitative estimate of drug-likeness (QED) is 0.308. The van der Waals surface area contributed by atoms with E-state index < -0.39 is 5.91 Å². The second-order valence-corrected chi connectivity index (χ2v) is 6.33. The van der Waals surface area contributed by atoms with Crippen molar-refractivity contribution in [2.75, 3.05) is 6.54 Å². The molecular formula is C21H29IN4O. The minimum Gasteiger partial charge on any atom is -0.366 e. The number of carbonyl (C=O) groups is 1. The monoisotopic (exact) mass is 480 g/mol. The lowest BCUT2D eigenvalue weighted by Gasteiger charge is -2.18. The number of nitrogens with zero attached hydrogens (tertiary/aromatic N) is 1. The van der Waals surface area contributed by atoms with Gasteiger partial charge in [-0.1, -0.05) is 42.5 Å². The predicted molar refractivity (Wildman–Crippen MR) is 123 cm³/mol. The van der Waals surface area contributed by atoms with Crippen LogP contribution >= 0.6 is 24.0 Å². The number of halogens is 1. The van der Waals surface area contributed by atoms with Crippen LogP contribution in [0.3, 0.4) is 0 Å². The summed E-state index contributed by atoms with van der Waals surface area (Å²) in [5.74, 6) is 0.384. The van der Waals surface area contributed by atoms with Crippen LogP contribution in [0.2, 0.25) is 0 Å². The van der Waals surface area contributed by atoms with Crippen LogP contribution in [0.4, 0.5) is 0 Å². The summed E-state index contributed by atoms with van der Waals surface area (Å²) in [5, 5.41) is 6.73. The Kier molecular flexibility index (Phi) is 10.5. The number of hydrogen-bond acceptors (Lipinski definition) is 2.